The first-order valence-corrected chi connectivity index (χ1v) is 9.26. The van der Waals surface area contributed by atoms with E-state index in [-0.39, 0.29) is 0 Å². The number of aromatic amines is 1. The quantitative estimate of drug-likeness (QED) is 0.305. The predicted octanol–water partition coefficient (Wildman–Crippen LogP) is 4.34. The maximum absolute atomic E-state index is 10.6. The fourth-order valence-electron chi connectivity index (χ4n) is 1.87. The third-order valence-corrected chi connectivity index (χ3v) is 5.08. The minimum absolute atomic E-state index is 0.476. The van der Waals surface area contributed by atoms with Crippen LogP contribution in [0.15, 0.2) is 27.4 Å². The number of aryl methyl sites for hydroxylation is 1. The largest absolute Gasteiger partial charge is 0.490 e. The summed E-state index contributed by atoms with van der Waals surface area (Å²) in [4.78, 5) is 29.7. The second kappa shape index (κ2) is 10.2. The van der Waals surface area contributed by atoms with Crippen molar-refractivity contribution in [3.63, 3.8) is 0 Å². The molecule has 0 aromatic carbocycles. The molecule has 0 fully saturated rings. The van der Waals surface area contributed by atoms with Gasteiger partial charge >= 0.3 is 24.3 Å². The number of nitrogens with one attached hydrogen (secondary N) is 1. The molecule has 3 rings (SSSR count). The molecule has 0 spiro atoms. The van der Waals surface area contributed by atoms with Crippen molar-refractivity contribution in [2.75, 3.05) is 5.73 Å². The molecule has 0 aliphatic rings. The number of H-pyrrole nitrogens is 1. The molecule has 3 aromatic rings. The first-order chi connectivity index (χ1) is 14.5. The van der Waals surface area contributed by atoms with Crippen molar-refractivity contribution in [1.29, 1.82) is 0 Å². The van der Waals surface area contributed by atoms with Crippen LogP contribution in [-0.2, 0) is 16.6 Å². The summed E-state index contributed by atoms with van der Waals surface area (Å²) in [6.07, 6.45) is -8.42. The van der Waals surface area contributed by atoms with Gasteiger partial charge in [-0.05, 0) is 44.0 Å². The summed E-state index contributed by atoms with van der Waals surface area (Å²) in [5, 5.41) is 14.2. The van der Waals surface area contributed by atoms with Gasteiger partial charge in [0.15, 0.2) is 0 Å². The van der Waals surface area contributed by atoms with Gasteiger partial charge in [0.2, 0.25) is 5.95 Å². The lowest BCUT2D eigenvalue weighted by atomic mass is 10.2. The lowest BCUT2D eigenvalue weighted by molar-refractivity contribution is -0.193. The minimum Gasteiger partial charge on any atom is -0.475 e. The maximum Gasteiger partial charge on any atom is 0.490 e. The van der Waals surface area contributed by atoms with E-state index < -0.39 is 24.3 Å². The molecule has 3 heterocycles. The van der Waals surface area contributed by atoms with Gasteiger partial charge in [-0.15, -0.1) is 0 Å². The predicted molar refractivity (Wildman–Crippen MR) is 105 cm³/mol. The Morgan fingerprint density at radius 3 is 1.94 bits per heavy atom. The Labute approximate surface area is 190 Å². The number of halogens is 8. The fraction of sp³-hybridized carbons (Fsp3) is 0.200. The molecule has 5 N–H and O–H groups in total. The summed E-state index contributed by atoms with van der Waals surface area (Å²) in [5.41, 5.74) is 9.25. The highest BCUT2D eigenvalue weighted by molar-refractivity contribution is 9.13. The zero-order valence-corrected chi connectivity index (χ0v) is 18.6. The third kappa shape index (κ3) is 7.11. The number of nitrogens with zero attached hydrogens (tertiary/aromatic N) is 3. The highest BCUT2D eigenvalue weighted by Crippen LogP contribution is 2.31. The standard InChI is InChI=1S/C11H9Br2N5.2C2HF3O2/c1-18-7-2-3-15-8(9(7)17-11(18)14)6-4-5(12)10(13)16-6;2*3-2(4,5)1(6)7/h2-4,16H,1H3,(H2,14,17);2*(H,6,7). The number of fused-ring (bicyclic) bond motifs is 1. The van der Waals surface area contributed by atoms with E-state index in [1.54, 1.807) is 6.20 Å². The number of aliphatic carboxylic acids is 2. The van der Waals surface area contributed by atoms with Gasteiger partial charge in [0.25, 0.3) is 0 Å². The van der Waals surface area contributed by atoms with E-state index in [1.807, 2.05) is 23.7 Å². The molecule has 0 radical (unpaired) electrons. The van der Waals surface area contributed by atoms with Gasteiger partial charge in [-0.2, -0.15) is 26.3 Å². The van der Waals surface area contributed by atoms with E-state index in [9.17, 15) is 26.3 Å². The summed E-state index contributed by atoms with van der Waals surface area (Å²) in [7, 11) is 1.88. The zero-order chi connectivity index (χ0) is 25.0. The molecule has 0 bridgehead atoms. The molecule has 0 amide bonds. The number of anilines is 1. The Morgan fingerprint density at radius 2 is 1.56 bits per heavy atom. The molecular weight excluding hydrogens is 588 g/mol. The number of carbonyl (C=O) groups is 2. The van der Waals surface area contributed by atoms with E-state index >= 15 is 0 Å². The van der Waals surface area contributed by atoms with Crippen LogP contribution in [0.5, 0.6) is 0 Å². The number of hydrogen-bond donors (Lipinski definition) is 4. The van der Waals surface area contributed by atoms with Crippen LogP contribution in [0.1, 0.15) is 0 Å². The summed E-state index contributed by atoms with van der Waals surface area (Å²) in [5.74, 6) is -5.04. The van der Waals surface area contributed by atoms with Crippen molar-refractivity contribution in [2.45, 2.75) is 12.4 Å². The number of rotatable bonds is 1. The smallest absolute Gasteiger partial charge is 0.475 e. The molecule has 0 atom stereocenters. The molecule has 0 aliphatic heterocycles. The van der Waals surface area contributed by atoms with E-state index in [0.29, 0.717) is 5.95 Å². The molecule has 32 heavy (non-hydrogen) atoms. The zero-order valence-electron chi connectivity index (χ0n) is 15.4. The topological polar surface area (TPSA) is 147 Å². The second-order valence-electron chi connectivity index (χ2n) is 5.51. The fourth-order valence-corrected chi connectivity index (χ4v) is 2.52. The van der Waals surface area contributed by atoms with Crippen molar-refractivity contribution in [3.8, 4) is 11.4 Å². The molecule has 0 saturated carbocycles. The number of nitrogen functional groups attached to an aromatic ring is 1. The van der Waals surface area contributed by atoms with Crippen LogP contribution in [0.2, 0.25) is 0 Å². The summed E-state index contributed by atoms with van der Waals surface area (Å²) in [6.45, 7) is 0. The maximum atomic E-state index is 10.6. The molecule has 0 unspecified atom stereocenters. The number of hydrogen-bond acceptors (Lipinski definition) is 5. The van der Waals surface area contributed by atoms with Crippen LogP contribution in [0.4, 0.5) is 32.3 Å². The molecule has 0 aliphatic carbocycles. The van der Waals surface area contributed by atoms with Gasteiger partial charge in [-0.3, -0.25) is 4.98 Å². The van der Waals surface area contributed by atoms with Crippen LogP contribution >= 0.6 is 31.9 Å². The van der Waals surface area contributed by atoms with Crippen molar-refractivity contribution >= 4 is 60.8 Å². The lowest BCUT2D eigenvalue weighted by Crippen LogP contribution is -2.21. The van der Waals surface area contributed by atoms with Gasteiger partial charge < -0.3 is 25.5 Å². The summed E-state index contributed by atoms with van der Waals surface area (Å²) < 4.78 is 67.1. The Bertz CT molecular complexity index is 1080. The van der Waals surface area contributed by atoms with E-state index in [2.05, 4.69) is 46.8 Å². The number of carboxylic acid groups (broad SMARTS) is 2. The number of imidazole rings is 1. The highest BCUT2D eigenvalue weighted by atomic mass is 79.9. The first kappa shape index (κ1) is 27.2. The van der Waals surface area contributed by atoms with Crippen LogP contribution in [-0.4, -0.2) is 54.0 Å². The number of nitrogens with two attached hydrogens (primary N) is 1. The molecule has 176 valence electrons. The Kier molecular flexibility index (Phi) is 8.67. The van der Waals surface area contributed by atoms with Gasteiger partial charge in [-0.1, -0.05) is 0 Å². The normalized spacial score (nSPS) is 11.3. The Hall–Kier alpha value is -2.82. The minimum atomic E-state index is -5.08. The lowest BCUT2D eigenvalue weighted by Gasteiger charge is -1.99. The average molecular weight is 599 g/mol. The van der Waals surface area contributed by atoms with Crippen molar-refractivity contribution in [3.05, 3.63) is 27.4 Å². The summed E-state index contributed by atoms with van der Waals surface area (Å²) >= 11 is 6.86. The van der Waals surface area contributed by atoms with Crippen LogP contribution in [0.25, 0.3) is 22.4 Å². The molecule has 9 nitrogen and oxygen atoms in total. The van der Waals surface area contributed by atoms with E-state index in [1.165, 1.54) is 0 Å². The van der Waals surface area contributed by atoms with E-state index in [4.69, 9.17) is 25.5 Å². The van der Waals surface area contributed by atoms with Crippen molar-refractivity contribution in [1.82, 2.24) is 19.5 Å². The molecular formula is C15H11Br2F6N5O4. The van der Waals surface area contributed by atoms with Crippen molar-refractivity contribution in [2.24, 2.45) is 7.05 Å². The number of pyridine rings is 1. The van der Waals surface area contributed by atoms with Gasteiger partial charge in [-0.25, -0.2) is 14.6 Å². The van der Waals surface area contributed by atoms with Crippen LogP contribution in [0.3, 0.4) is 0 Å². The van der Waals surface area contributed by atoms with Crippen LogP contribution in [0, 0.1) is 0 Å². The van der Waals surface area contributed by atoms with E-state index in [0.717, 1.165) is 31.5 Å². The van der Waals surface area contributed by atoms with Crippen LogP contribution < -0.4 is 5.73 Å². The summed E-state index contributed by atoms with van der Waals surface area (Å²) in [6, 6.07) is 3.85. The highest BCUT2D eigenvalue weighted by Gasteiger charge is 2.38. The average Bonchev–Trinajstić information content (AvgIpc) is 3.13. The van der Waals surface area contributed by atoms with Gasteiger partial charge in [0, 0.05) is 13.2 Å². The monoisotopic (exact) mass is 597 g/mol. The number of carboxylic acids is 2. The molecule has 3 aromatic heterocycles. The number of aromatic nitrogens is 4. The number of alkyl halides is 6. The van der Waals surface area contributed by atoms with Gasteiger partial charge in [0.1, 0.15) is 11.2 Å². The second-order valence-corrected chi connectivity index (χ2v) is 7.15. The Balaban J connectivity index is 0.000000305. The molecule has 0 saturated heterocycles. The van der Waals surface area contributed by atoms with Crippen molar-refractivity contribution < 1.29 is 46.1 Å². The third-order valence-electron chi connectivity index (χ3n) is 3.30. The van der Waals surface area contributed by atoms with Gasteiger partial charge in [0.05, 0.1) is 20.3 Å². The Morgan fingerprint density at radius 1 is 1.09 bits per heavy atom. The first-order valence-electron chi connectivity index (χ1n) is 7.68. The molecule has 17 heteroatoms. The SMILES string of the molecule is Cn1c(N)nc2c(-c3cc(Br)c(Br)[nH]3)nccc21.O=C(O)C(F)(F)F.O=C(O)C(F)(F)F.